The standard InChI is InChI=1S/C12H11BrF3NO2/c13-10-6-8(5-9(7-10)12(14,15)16)11(18)17-1-3-19-4-2-17/h5-7H,1-4H2. The number of carbonyl (C=O) groups is 1. The first-order valence-corrected chi connectivity index (χ1v) is 6.42. The minimum absolute atomic E-state index is 0.0311. The number of halogens is 4. The van der Waals surface area contributed by atoms with E-state index in [2.05, 4.69) is 15.9 Å². The van der Waals surface area contributed by atoms with E-state index < -0.39 is 17.6 Å². The van der Waals surface area contributed by atoms with E-state index in [-0.39, 0.29) is 10.0 Å². The van der Waals surface area contributed by atoms with Crippen molar-refractivity contribution in [1.82, 2.24) is 4.90 Å². The SMILES string of the molecule is O=C(c1cc(Br)cc(C(F)(F)F)c1)N1CCOCC1. The predicted molar refractivity (Wildman–Crippen MR) is 65.9 cm³/mol. The van der Waals surface area contributed by atoms with Gasteiger partial charge in [-0.25, -0.2) is 0 Å². The van der Waals surface area contributed by atoms with Crippen LogP contribution in [0.15, 0.2) is 22.7 Å². The van der Waals surface area contributed by atoms with Crippen molar-refractivity contribution in [3.8, 4) is 0 Å². The first kappa shape index (κ1) is 14.3. The maximum Gasteiger partial charge on any atom is 0.416 e. The van der Waals surface area contributed by atoms with Crippen LogP contribution in [0.3, 0.4) is 0 Å². The zero-order valence-corrected chi connectivity index (χ0v) is 11.4. The molecule has 1 aliphatic rings. The fraction of sp³-hybridized carbons (Fsp3) is 0.417. The minimum atomic E-state index is -4.47. The number of carbonyl (C=O) groups excluding carboxylic acids is 1. The summed E-state index contributed by atoms with van der Waals surface area (Å²) in [6.07, 6.45) is -4.47. The van der Waals surface area contributed by atoms with E-state index in [4.69, 9.17) is 4.74 Å². The Hall–Kier alpha value is -1.08. The van der Waals surface area contributed by atoms with Gasteiger partial charge in [-0.3, -0.25) is 4.79 Å². The first-order valence-electron chi connectivity index (χ1n) is 5.63. The quantitative estimate of drug-likeness (QED) is 0.788. The third-order valence-corrected chi connectivity index (χ3v) is 3.23. The number of benzene rings is 1. The number of rotatable bonds is 1. The van der Waals surface area contributed by atoms with Gasteiger partial charge in [0.15, 0.2) is 0 Å². The molecule has 1 amide bonds. The van der Waals surface area contributed by atoms with Gasteiger partial charge in [0.25, 0.3) is 5.91 Å². The average Bonchev–Trinajstić information content (AvgIpc) is 2.37. The summed E-state index contributed by atoms with van der Waals surface area (Å²) in [5.74, 6) is -0.407. The minimum Gasteiger partial charge on any atom is -0.378 e. The van der Waals surface area contributed by atoms with Crippen LogP contribution in [-0.4, -0.2) is 37.1 Å². The number of hydrogen-bond donors (Lipinski definition) is 0. The summed E-state index contributed by atoms with van der Waals surface area (Å²) in [4.78, 5) is 13.6. The summed E-state index contributed by atoms with van der Waals surface area (Å²) in [5.41, 5.74) is -0.804. The fourth-order valence-electron chi connectivity index (χ4n) is 1.83. The van der Waals surface area contributed by atoms with Crippen molar-refractivity contribution in [2.75, 3.05) is 26.3 Å². The van der Waals surface area contributed by atoms with E-state index in [1.807, 2.05) is 0 Å². The van der Waals surface area contributed by atoms with Crippen LogP contribution in [-0.2, 0) is 10.9 Å². The molecule has 0 aliphatic carbocycles. The predicted octanol–water partition coefficient (Wildman–Crippen LogP) is 2.94. The van der Waals surface area contributed by atoms with Gasteiger partial charge in [-0.1, -0.05) is 15.9 Å². The highest BCUT2D eigenvalue weighted by Gasteiger charge is 2.32. The third-order valence-electron chi connectivity index (χ3n) is 2.77. The van der Waals surface area contributed by atoms with E-state index in [0.29, 0.717) is 26.3 Å². The van der Waals surface area contributed by atoms with Crippen molar-refractivity contribution >= 4 is 21.8 Å². The normalized spacial score (nSPS) is 16.5. The highest BCUT2D eigenvalue weighted by atomic mass is 79.9. The molecular weight excluding hydrogens is 327 g/mol. The lowest BCUT2D eigenvalue weighted by molar-refractivity contribution is -0.137. The zero-order valence-electron chi connectivity index (χ0n) is 9.84. The number of ether oxygens (including phenoxy) is 1. The first-order chi connectivity index (χ1) is 8.88. The molecule has 0 radical (unpaired) electrons. The second-order valence-corrected chi connectivity index (χ2v) is 5.05. The van der Waals surface area contributed by atoms with Crippen LogP contribution in [0.5, 0.6) is 0 Å². The van der Waals surface area contributed by atoms with Crippen LogP contribution in [0.1, 0.15) is 15.9 Å². The molecule has 1 aliphatic heterocycles. The van der Waals surface area contributed by atoms with Crippen molar-refractivity contribution in [1.29, 1.82) is 0 Å². The lowest BCUT2D eigenvalue weighted by atomic mass is 10.1. The number of amides is 1. The summed E-state index contributed by atoms with van der Waals surface area (Å²) in [6.45, 7) is 1.61. The lowest BCUT2D eigenvalue weighted by Gasteiger charge is -2.27. The van der Waals surface area contributed by atoms with Crippen molar-refractivity contribution < 1.29 is 22.7 Å². The summed E-state index contributed by atoms with van der Waals surface area (Å²) in [6, 6.07) is 3.23. The highest BCUT2D eigenvalue weighted by molar-refractivity contribution is 9.10. The molecule has 1 fully saturated rings. The molecule has 0 unspecified atom stereocenters. The molecule has 0 aromatic heterocycles. The average molecular weight is 338 g/mol. The second-order valence-electron chi connectivity index (χ2n) is 4.13. The molecule has 3 nitrogen and oxygen atoms in total. The van der Waals surface area contributed by atoms with Crippen molar-refractivity contribution in [2.24, 2.45) is 0 Å². The molecule has 1 aromatic rings. The van der Waals surface area contributed by atoms with Gasteiger partial charge in [0, 0.05) is 23.1 Å². The van der Waals surface area contributed by atoms with E-state index >= 15 is 0 Å². The Morgan fingerprint density at radius 1 is 1.21 bits per heavy atom. The molecule has 7 heteroatoms. The molecule has 0 saturated carbocycles. The van der Waals surface area contributed by atoms with Gasteiger partial charge in [-0.15, -0.1) is 0 Å². The number of hydrogen-bond acceptors (Lipinski definition) is 2. The Labute approximate surface area is 116 Å². The Morgan fingerprint density at radius 2 is 1.84 bits per heavy atom. The Balaban J connectivity index is 2.28. The maximum atomic E-state index is 12.7. The highest BCUT2D eigenvalue weighted by Crippen LogP contribution is 2.32. The number of nitrogens with zero attached hydrogens (tertiary/aromatic N) is 1. The van der Waals surface area contributed by atoms with Gasteiger partial charge in [-0.05, 0) is 18.2 Å². The van der Waals surface area contributed by atoms with E-state index in [1.165, 1.54) is 11.0 Å². The molecule has 1 saturated heterocycles. The number of morpholine rings is 1. The van der Waals surface area contributed by atoms with Crippen LogP contribution >= 0.6 is 15.9 Å². The van der Waals surface area contributed by atoms with E-state index in [1.54, 1.807) is 0 Å². The molecular formula is C12H11BrF3NO2. The molecule has 0 atom stereocenters. The van der Waals surface area contributed by atoms with Gasteiger partial charge in [0.05, 0.1) is 18.8 Å². The van der Waals surface area contributed by atoms with Gasteiger partial charge in [0.1, 0.15) is 0 Å². The van der Waals surface area contributed by atoms with Crippen LogP contribution in [0.4, 0.5) is 13.2 Å². The van der Waals surface area contributed by atoms with Crippen molar-refractivity contribution in [3.05, 3.63) is 33.8 Å². The third kappa shape index (κ3) is 3.48. The maximum absolute atomic E-state index is 12.7. The van der Waals surface area contributed by atoms with Crippen LogP contribution in [0.2, 0.25) is 0 Å². The van der Waals surface area contributed by atoms with E-state index in [0.717, 1.165) is 12.1 Å². The molecule has 1 heterocycles. The van der Waals surface area contributed by atoms with Gasteiger partial charge in [0.2, 0.25) is 0 Å². The van der Waals surface area contributed by atoms with Crippen LogP contribution in [0, 0.1) is 0 Å². The molecule has 104 valence electrons. The summed E-state index contributed by atoms with van der Waals surface area (Å²) in [5, 5.41) is 0. The van der Waals surface area contributed by atoms with Crippen molar-refractivity contribution in [2.45, 2.75) is 6.18 Å². The molecule has 1 aromatic carbocycles. The molecule has 19 heavy (non-hydrogen) atoms. The lowest BCUT2D eigenvalue weighted by Crippen LogP contribution is -2.40. The molecule has 2 rings (SSSR count). The fourth-order valence-corrected chi connectivity index (χ4v) is 2.32. The Morgan fingerprint density at radius 3 is 2.42 bits per heavy atom. The van der Waals surface area contributed by atoms with Gasteiger partial charge < -0.3 is 9.64 Å². The Kier molecular flexibility index (Phi) is 4.15. The number of alkyl halides is 3. The largest absolute Gasteiger partial charge is 0.416 e. The second kappa shape index (κ2) is 5.50. The molecule has 0 N–H and O–H groups in total. The van der Waals surface area contributed by atoms with E-state index in [9.17, 15) is 18.0 Å². The topological polar surface area (TPSA) is 29.5 Å². The summed E-state index contributed by atoms with van der Waals surface area (Å²) in [7, 11) is 0. The van der Waals surface area contributed by atoms with Crippen LogP contribution in [0.25, 0.3) is 0 Å². The Bertz CT molecular complexity index is 484. The summed E-state index contributed by atoms with van der Waals surface area (Å²) >= 11 is 3.00. The zero-order chi connectivity index (χ0) is 14.0. The smallest absolute Gasteiger partial charge is 0.378 e. The summed E-state index contributed by atoms with van der Waals surface area (Å²) < 4.78 is 43.4. The molecule has 0 bridgehead atoms. The van der Waals surface area contributed by atoms with Gasteiger partial charge >= 0.3 is 6.18 Å². The molecule has 0 spiro atoms. The van der Waals surface area contributed by atoms with Crippen molar-refractivity contribution in [3.63, 3.8) is 0 Å². The van der Waals surface area contributed by atoms with Crippen LogP contribution < -0.4 is 0 Å². The van der Waals surface area contributed by atoms with Gasteiger partial charge in [-0.2, -0.15) is 13.2 Å². The monoisotopic (exact) mass is 337 g/mol.